The minimum absolute atomic E-state index is 0.0322. The quantitative estimate of drug-likeness (QED) is 0.377. The molecule has 3 aliphatic heterocycles. The van der Waals surface area contributed by atoms with Gasteiger partial charge in [-0.1, -0.05) is 18.2 Å². The van der Waals surface area contributed by atoms with Gasteiger partial charge in [-0.15, -0.1) is 0 Å². The van der Waals surface area contributed by atoms with Crippen molar-refractivity contribution in [2.75, 3.05) is 71.7 Å². The van der Waals surface area contributed by atoms with Gasteiger partial charge in [0.25, 0.3) is 0 Å². The molecule has 3 aliphatic rings. The number of benzene rings is 2. The lowest BCUT2D eigenvalue weighted by Crippen LogP contribution is -2.52. The molecule has 1 N–H and O–H groups in total. The molecule has 2 fully saturated rings. The number of ether oxygens (including phenoxy) is 5. The number of carbonyl (C=O) groups is 1. The largest absolute Gasteiger partial charge is 0.497 e. The fraction of sp³-hybridized carbons (Fsp3) is 0.606. The van der Waals surface area contributed by atoms with Gasteiger partial charge in [-0.05, 0) is 68.0 Å². The Morgan fingerprint density at radius 1 is 1.02 bits per heavy atom. The van der Waals surface area contributed by atoms with Crippen molar-refractivity contribution in [3.8, 4) is 11.5 Å². The first-order chi connectivity index (χ1) is 20.6. The molecule has 0 saturated carbocycles. The average molecular weight is 582 g/mol. The Morgan fingerprint density at radius 2 is 1.83 bits per heavy atom. The number of carbonyl (C=O) groups excluding carboxylic acids is 1. The monoisotopic (exact) mass is 581 g/mol. The van der Waals surface area contributed by atoms with E-state index in [4.69, 9.17) is 23.7 Å². The van der Waals surface area contributed by atoms with Crippen molar-refractivity contribution in [1.82, 2.24) is 10.2 Å². The normalized spacial score (nSPS) is 24.2. The van der Waals surface area contributed by atoms with Crippen LogP contribution in [-0.2, 0) is 25.6 Å². The van der Waals surface area contributed by atoms with E-state index in [1.54, 1.807) is 14.2 Å². The molecule has 3 heterocycles. The number of amides is 1. The fourth-order valence-electron chi connectivity index (χ4n) is 6.42. The van der Waals surface area contributed by atoms with Gasteiger partial charge in [-0.25, -0.2) is 0 Å². The summed E-state index contributed by atoms with van der Waals surface area (Å²) in [4.78, 5) is 17.5. The Hall–Kier alpha value is -2.85. The third-order valence-corrected chi connectivity index (χ3v) is 8.76. The number of hydrogen-bond acceptors (Lipinski definition) is 8. The van der Waals surface area contributed by atoms with Crippen LogP contribution in [0.1, 0.15) is 49.7 Å². The summed E-state index contributed by atoms with van der Waals surface area (Å²) in [6, 6.07) is 14.7. The summed E-state index contributed by atoms with van der Waals surface area (Å²) in [7, 11) is 3.41. The zero-order chi connectivity index (χ0) is 29.3. The van der Waals surface area contributed by atoms with Crippen LogP contribution < -0.4 is 19.7 Å². The van der Waals surface area contributed by atoms with E-state index in [9.17, 15) is 4.79 Å². The lowest BCUT2D eigenvalue weighted by atomic mass is 9.85. The van der Waals surface area contributed by atoms with Crippen LogP contribution in [0.15, 0.2) is 42.5 Å². The summed E-state index contributed by atoms with van der Waals surface area (Å²) in [5, 5.41) is 3.50. The van der Waals surface area contributed by atoms with Gasteiger partial charge in [-0.2, -0.15) is 0 Å². The molecule has 2 aromatic rings. The van der Waals surface area contributed by atoms with Crippen molar-refractivity contribution >= 4 is 11.6 Å². The molecule has 230 valence electrons. The first-order valence-corrected chi connectivity index (χ1v) is 15.4. The Morgan fingerprint density at radius 3 is 2.60 bits per heavy atom. The Balaban J connectivity index is 1.29. The number of nitrogens with zero attached hydrogens (tertiary/aromatic N) is 2. The van der Waals surface area contributed by atoms with E-state index in [0.29, 0.717) is 26.3 Å². The number of anilines is 1. The molecule has 2 saturated heterocycles. The SMILES string of the molecule is COCCCN1CCOc2ccc(CO[C@H]3CNC[C@@H](OCC(=O)N4CCCCC4C)[C@@H]3c3ccc(OC)cc3)cc21. The molecule has 5 rings (SSSR count). The summed E-state index contributed by atoms with van der Waals surface area (Å²) in [5.74, 6) is 1.77. The van der Waals surface area contributed by atoms with Crippen molar-refractivity contribution < 1.29 is 28.5 Å². The number of nitrogens with one attached hydrogen (secondary N) is 1. The molecule has 4 atom stereocenters. The number of piperidine rings is 2. The zero-order valence-corrected chi connectivity index (χ0v) is 25.4. The van der Waals surface area contributed by atoms with Crippen LogP contribution in [-0.4, -0.2) is 95.8 Å². The molecule has 0 spiro atoms. The van der Waals surface area contributed by atoms with Crippen molar-refractivity contribution in [1.29, 1.82) is 0 Å². The first-order valence-electron chi connectivity index (χ1n) is 15.4. The molecular formula is C33H47N3O6. The predicted octanol–water partition coefficient (Wildman–Crippen LogP) is 3.99. The summed E-state index contributed by atoms with van der Waals surface area (Å²) >= 11 is 0. The summed E-state index contributed by atoms with van der Waals surface area (Å²) < 4.78 is 29.6. The molecule has 1 unspecified atom stereocenters. The highest BCUT2D eigenvalue weighted by atomic mass is 16.5. The van der Waals surface area contributed by atoms with Gasteiger partial charge in [-0.3, -0.25) is 4.79 Å². The van der Waals surface area contributed by atoms with Crippen LogP contribution >= 0.6 is 0 Å². The summed E-state index contributed by atoms with van der Waals surface area (Å²) in [5.41, 5.74) is 3.33. The van der Waals surface area contributed by atoms with Crippen LogP contribution in [0.3, 0.4) is 0 Å². The molecule has 2 aromatic carbocycles. The summed E-state index contributed by atoms with van der Waals surface area (Å²) in [6.07, 6.45) is 3.93. The van der Waals surface area contributed by atoms with E-state index in [2.05, 4.69) is 47.5 Å². The van der Waals surface area contributed by atoms with Gasteiger partial charge in [0, 0.05) is 51.9 Å². The first kappa shape index (κ1) is 30.6. The second-order valence-corrected chi connectivity index (χ2v) is 11.6. The molecule has 9 nitrogen and oxygen atoms in total. The van der Waals surface area contributed by atoms with Gasteiger partial charge in [0.05, 0.1) is 38.2 Å². The number of rotatable bonds is 12. The van der Waals surface area contributed by atoms with E-state index in [1.165, 1.54) is 6.42 Å². The maximum absolute atomic E-state index is 13.1. The third kappa shape index (κ3) is 7.56. The van der Waals surface area contributed by atoms with Gasteiger partial charge < -0.3 is 38.8 Å². The number of hydrogen-bond donors (Lipinski definition) is 1. The van der Waals surface area contributed by atoms with E-state index >= 15 is 0 Å². The highest BCUT2D eigenvalue weighted by Crippen LogP contribution is 2.35. The molecule has 42 heavy (non-hydrogen) atoms. The molecule has 0 radical (unpaired) electrons. The van der Waals surface area contributed by atoms with Crippen LogP contribution in [0.4, 0.5) is 5.69 Å². The van der Waals surface area contributed by atoms with Crippen molar-refractivity contribution in [3.05, 3.63) is 53.6 Å². The number of likely N-dealkylation sites (tertiary alicyclic amines) is 1. The second-order valence-electron chi connectivity index (χ2n) is 11.6. The molecule has 0 aliphatic carbocycles. The molecular weight excluding hydrogens is 534 g/mol. The van der Waals surface area contributed by atoms with Gasteiger partial charge >= 0.3 is 0 Å². The van der Waals surface area contributed by atoms with Gasteiger partial charge in [0.1, 0.15) is 24.7 Å². The molecule has 0 bridgehead atoms. The Labute approximate surface area is 250 Å². The lowest BCUT2D eigenvalue weighted by molar-refractivity contribution is -0.144. The smallest absolute Gasteiger partial charge is 0.248 e. The minimum Gasteiger partial charge on any atom is -0.497 e. The van der Waals surface area contributed by atoms with Crippen LogP contribution in [0.2, 0.25) is 0 Å². The van der Waals surface area contributed by atoms with E-state index in [1.807, 2.05) is 17.0 Å². The Bertz CT molecular complexity index is 1150. The topological polar surface area (TPSA) is 81.7 Å². The van der Waals surface area contributed by atoms with E-state index in [-0.39, 0.29) is 36.7 Å². The van der Waals surface area contributed by atoms with Crippen molar-refractivity contribution in [2.45, 2.75) is 63.4 Å². The zero-order valence-electron chi connectivity index (χ0n) is 25.4. The summed E-state index contributed by atoms with van der Waals surface area (Å²) in [6.45, 7) is 8.07. The van der Waals surface area contributed by atoms with Crippen molar-refractivity contribution in [3.63, 3.8) is 0 Å². The molecule has 9 heteroatoms. The maximum atomic E-state index is 13.1. The highest BCUT2D eigenvalue weighted by Gasteiger charge is 2.37. The van der Waals surface area contributed by atoms with E-state index < -0.39 is 0 Å². The maximum Gasteiger partial charge on any atom is 0.248 e. The molecule has 0 aromatic heterocycles. The van der Waals surface area contributed by atoms with Gasteiger partial charge in [0.15, 0.2) is 0 Å². The standard InChI is InChI=1S/C33H47N3O6/c1-24-7-4-5-15-36(24)32(37)23-42-31-21-34-20-30(33(31)26-9-11-27(39-3)12-10-26)41-22-25-8-13-29-28(19-25)35(16-18-40-29)14-6-17-38-2/h8-13,19,24,30-31,33-34H,4-7,14-18,20-23H2,1-3H3/t24?,30-,31+,33+/m0/s1. The van der Waals surface area contributed by atoms with Crippen LogP contribution in [0, 0.1) is 0 Å². The Kier molecular flexibility index (Phi) is 11.0. The van der Waals surface area contributed by atoms with Crippen LogP contribution in [0.5, 0.6) is 11.5 Å². The minimum atomic E-state index is -0.200. The highest BCUT2D eigenvalue weighted by molar-refractivity contribution is 5.77. The fourth-order valence-corrected chi connectivity index (χ4v) is 6.42. The third-order valence-electron chi connectivity index (χ3n) is 8.76. The lowest BCUT2D eigenvalue weighted by Gasteiger charge is -2.39. The average Bonchev–Trinajstić information content (AvgIpc) is 3.03. The van der Waals surface area contributed by atoms with Crippen molar-refractivity contribution in [2.24, 2.45) is 0 Å². The predicted molar refractivity (Wildman–Crippen MR) is 163 cm³/mol. The van der Waals surface area contributed by atoms with E-state index in [0.717, 1.165) is 73.8 Å². The second kappa shape index (κ2) is 15.0. The van der Waals surface area contributed by atoms with Gasteiger partial charge in [0.2, 0.25) is 5.91 Å². The molecule has 1 amide bonds. The number of methoxy groups -OCH3 is 2. The van der Waals surface area contributed by atoms with Crippen LogP contribution in [0.25, 0.3) is 0 Å². The number of fused-ring (bicyclic) bond motifs is 1.